The lowest BCUT2D eigenvalue weighted by molar-refractivity contribution is -0.160. The number of hydrogen-bond acceptors (Lipinski definition) is 6. The smallest absolute Gasteiger partial charge is 0.327 e. The Balaban J connectivity index is 4.06. The lowest BCUT2D eigenvalue weighted by atomic mass is 10.2. The second kappa shape index (κ2) is 5.13. The van der Waals surface area contributed by atoms with Crippen LogP contribution in [0.25, 0.3) is 0 Å². The topological polar surface area (TPSA) is 90.8 Å². The lowest BCUT2D eigenvalue weighted by Gasteiger charge is -2.22. The SMILES string of the molecule is CC(C)(C)OC(=O)C(CNO)NO. The van der Waals surface area contributed by atoms with Crippen molar-refractivity contribution < 1.29 is 19.9 Å². The highest BCUT2D eigenvalue weighted by Crippen LogP contribution is 2.07. The Morgan fingerprint density at radius 2 is 2.00 bits per heavy atom. The quantitative estimate of drug-likeness (QED) is 0.359. The Labute approximate surface area is 76.8 Å². The van der Waals surface area contributed by atoms with Crippen LogP contribution in [-0.2, 0) is 9.53 Å². The maximum atomic E-state index is 11.2. The van der Waals surface area contributed by atoms with E-state index in [2.05, 4.69) is 0 Å². The van der Waals surface area contributed by atoms with Gasteiger partial charge in [0.15, 0.2) is 0 Å². The van der Waals surface area contributed by atoms with Crippen LogP contribution in [0.15, 0.2) is 0 Å². The summed E-state index contributed by atoms with van der Waals surface area (Å²) in [6, 6.07) is -0.968. The number of hydroxylamine groups is 2. The highest BCUT2D eigenvalue weighted by molar-refractivity contribution is 5.76. The molecule has 0 aliphatic rings. The van der Waals surface area contributed by atoms with Crippen molar-refractivity contribution in [2.24, 2.45) is 0 Å². The van der Waals surface area contributed by atoms with Crippen molar-refractivity contribution in [3.63, 3.8) is 0 Å². The molecule has 0 heterocycles. The fourth-order valence-corrected chi connectivity index (χ4v) is 0.646. The third-order valence-electron chi connectivity index (χ3n) is 1.14. The van der Waals surface area contributed by atoms with Crippen LogP contribution < -0.4 is 11.0 Å². The minimum atomic E-state index is -0.968. The highest BCUT2D eigenvalue weighted by Gasteiger charge is 2.24. The molecule has 4 N–H and O–H groups in total. The van der Waals surface area contributed by atoms with E-state index in [0.717, 1.165) is 0 Å². The molecule has 6 heteroatoms. The largest absolute Gasteiger partial charge is 0.459 e. The van der Waals surface area contributed by atoms with E-state index in [1.807, 2.05) is 0 Å². The summed E-state index contributed by atoms with van der Waals surface area (Å²) in [7, 11) is 0. The zero-order valence-corrected chi connectivity index (χ0v) is 8.00. The third-order valence-corrected chi connectivity index (χ3v) is 1.14. The second-order valence-electron chi connectivity index (χ2n) is 3.58. The highest BCUT2D eigenvalue weighted by atomic mass is 16.6. The van der Waals surface area contributed by atoms with Crippen LogP contribution in [0.2, 0.25) is 0 Å². The molecule has 0 aromatic rings. The van der Waals surface area contributed by atoms with Crippen LogP contribution in [0.4, 0.5) is 0 Å². The molecule has 0 rings (SSSR count). The van der Waals surface area contributed by atoms with Gasteiger partial charge in [-0.05, 0) is 20.8 Å². The van der Waals surface area contributed by atoms with Crippen molar-refractivity contribution in [1.82, 2.24) is 11.0 Å². The fraction of sp³-hybridized carbons (Fsp3) is 0.857. The molecule has 1 unspecified atom stereocenters. The second-order valence-corrected chi connectivity index (χ2v) is 3.58. The molecule has 13 heavy (non-hydrogen) atoms. The molecule has 0 saturated heterocycles. The average molecular weight is 192 g/mol. The molecule has 6 nitrogen and oxygen atoms in total. The minimum Gasteiger partial charge on any atom is -0.459 e. The van der Waals surface area contributed by atoms with E-state index in [1.54, 1.807) is 31.7 Å². The number of nitrogens with one attached hydrogen (secondary N) is 2. The zero-order valence-electron chi connectivity index (χ0n) is 8.00. The van der Waals surface area contributed by atoms with Crippen molar-refractivity contribution in [2.45, 2.75) is 32.4 Å². The van der Waals surface area contributed by atoms with E-state index in [9.17, 15) is 4.79 Å². The monoisotopic (exact) mass is 192 g/mol. The fourth-order valence-electron chi connectivity index (χ4n) is 0.646. The van der Waals surface area contributed by atoms with Crippen LogP contribution in [0, 0.1) is 0 Å². The number of carbonyl (C=O) groups is 1. The summed E-state index contributed by atoms with van der Waals surface area (Å²) in [6.45, 7) is 5.02. The van der Waals surface area contributed by atoms with Gasteiger partial charge < -0.3 is 15.2 Å². The van der Waals surface area contributed by atoms with Gasteiger partial charge in [-0.1, -0.05) is 0 Å². The van der Waals surface area contributed by atoms with Gasteiger partial charge in [-0.3, -0.25) is 4.79 Å². The molecule has 0 fully saturated rings. The molecule has 0 aliphatic heterocycles. The molecule has 78 valence electrons. The first kappa shape index (κ1) is 12.3. The Morgan fingerprint density at radius 3 is 2.31 bits per heavy atom. The molecule has 0 aromatic carbocycles. The summed E-state index contributed by atoms with van der Waals surface area (Å²) < 4.78 is 4.93. The van der Waals surface area contributed by atoms with E-state index in [-0.39, 0.29) is 6.54 Å². The molecule has 0 spiro atoms. The number of carbonyl (C=O) groups excluding carboxylic acids is 1. The van der Waals surface area contributed by atoms with Gasteiger partial charge in [0, 0.05) is 6.54 Å². The minimum absolute atomic E-state index is 0.120. The average Bonchev–Trinajstić information content (AvgIpc) is 1.96. The summed E-state index contributed by atoms with van der Waals surface area (Å²) >= 11 is 0. The summed E-state index contributed by atoms with van der Waals surface area (Å²) in [5.74, 6) is -0.628. The Hall–Kier alpha value is -0.690. The van der Waals surface area contributed by atoms with E-state index in [0.29, 0.717) is 0 Å². The van der Waals surface area contributed by atoms with Crippen LogP contribution in [-0.4, -0.2) is 34.6 Å². The van der Waals surface area contributed by atoms with Crippen molar-refractivity contribution in [3.05, 3.63) is 0 Å². The maximum absolute atomic E-state index is 11.2. The number of hydrogen-bond donors (Lipinski definition) is 4. The van der Waals surface area contributed by atoms with Gasteiger partial charge >= 0.3 is 5.97 Å². The first-order valence-electron chi connectivity index (χ1n) is 3.90. The number of esters is 1. The van der Waals surface area contributed by atoms with E-state index < -0.39 is 17.6 Å². The normalized spacial score (nSPS) is 13.9. The summed E-state index contributed by atoms with van der Waals surface area (Å²) in [5, 5.41) is 16.8. The van der Waals surface area contributed by atoms with E-state index in [4.69, 9.17) is 15.2 Å². The molecule has 0 aliphatic carbocycles. The Bertz CT molecular complexity index is 166. The van der Waals surface area contributed by atoms with Crippen LogP contribution in [0.1, 0.15) is 20.8 Å². The Kier molecular flexibility index (Phi) is 4.86. The number of ether oxygens (including phenoxy) is 1. The summed E-state index contributed by atoms with van der Waals surface area (Å²) in [4.78, 5) is 11.2. The predicted octanol–water partition coefficient (Wildman–Crippen LogP) is -0.346. The standard InChI is InChI=1S/C7H16N2O4/c1-7(2,3)13-6(10)5(9-12)4-8-11/h5,8-9,11-12H,4H2,1-3H3. The van der Waals surface area contributed by atoms with Crippen molar-refractivity contribution in [2.75, 3.05) is 6.54 Å². The molecule has 0 radical (unpaired) electrons. The lowest BCUT2D eigenvalue weighted by Crippen LogP contribution is -2.45. The molecular weight excluding hydrogens is 176 g/mol. The third kappa shape index (κ3) is 5.53. The van der Waals surface area contributed by atoms with Gasteiger partial charge in [-0.15, -0.1) is 0 Å². The Morgan fingerprint density at radius 1 is 1.46 bits per heavy atom. The summed E-state index contributed by atoms with van der Waals surface area (Å²) in [5.41, 5.74) is 2.88. The van der Waals surface area contributed by atoms with Gasteiger partial charge in [0.25, 0.3) is 0 Å². The molecule has 1 atom stereocenters. The van der Waals surface area contributed by atoms with Crippen LogP contribution >= 0.6 is 0 Å². The zero-order chi connectivity index (χ0) is 10.5. The maximum Gasteiger partial charge on any atom is 0.327 e. The van der Waals surface area contributed by atoms with Crippen LogP contribution in [0.5, 0.6) is 0 Å². The summed E-state index contributed by atoms with van der Waals surface area (Å²) in [6.07, 6.45) is 0. The van der Waals surface area contributed by atoms with Gasteiger partial charge in [0.1, 0.15) is 11.6 Å². The first-order chi connectivity index (χ1) is 5.90. The van der Waals surface area contributed by atoms with Gasteiger partial charge in [-0.25, -0.2) is 5.48 Å². The van der Waals surface area contributed by atoms with Crippen molar-refractivity contribution in [3.8, 4) is 0 Å². The van der Waals surface area contributed by atoms with Gasteiger partial charge in [0.05, 0.1) is 0 Å². The first-order valence-corrected chi connectivity index (χ1v) is 3.90. The van der Waals surface area contributed by atoms with E-state index >= 15 is 0 Å². The molecule has 0 saturated carbocycles. The molecule has 0 aromatic heterocycles. The van der Waals surface area contributed by atoms with E-state index in [1.165, 1.54) is 0 Å². The van der Waals surface area contributed by atoms with Crippen LogP contribution in [0.3, 0.4) is 0 Å². The van der Waals surface area contributed by atoms with Gasteiger partial charge in [0.2, 0.25) is 0 Å². The number of rotatable bonds is 4. The van der Waals surface area contributed by atoms with Gasteiger partial charge in [-0.2, -0.15) is 5.48 Å². The molecule has 0 bridgehead atoms. The molecular formula is C7H16N2O4. The molecule has 0 amide bonds. The predicted molar refractivity (Wildman–Crippen MR) is 44.3 cm³/mol. The van der Waals surface area contributed by atoms with Crippen molar-refractivity contribution >= 4 is 5.97 Å². The van der Waals surface area contributed by atoms with Crippen molar-refractivity contribution in [1.29, 1.82) is 0 Å².